The molecule has 8 nitrogen and oxygen atoms in total. The van der Waals surface area contributed by atoms with E-state index in [0.29, 0.717) is 45.5 Å². The highest BCUT2D eigenvalue weighted by Crippen LogP contribution is 2.30. The molecule has 0 bridgehead atoms. The maximum Gasteiger partial charge on any atom is 0.792 e. The zero-order valence-electron chi connectivity index (χ0n) is 35.6. The summed E-state index contributed by atoms with van der Waals surface area (Å²) in [5, 5.41) is 5.94. The minimum absolute atomic E-state index is 0.129. The lowest BCUT2D eigenvalue weighted by atomic mass is 9.84. The van der Waals surface area contributed by atoms with E-state index in [1.54, 1.807) is 0 Å². The molecule has 6 aromatic carbocycles. The van der Waals surface area contributed by atoms with Gasteiger partial charge in [0.1, 0.15) is 23.0 Å². The molecule has 0 spiro atoms. The zero-order valence-corrected chi connectivity index (χ0v) is 35.6. The molecule has 9 heteroatoms. The molecule has 0 saturated heterocycles. The number of amides is 2. The first kappa shape index (κ1) is 42.5. The van der Waals surface area contributed by atoms with E-state index in [1.165, 1.54) is 11.1 Å². The van der Waals surface area contributed by atoms with Crippen molar-refractivity contribution in [3.63, 3.8) is 0 Å². The number of aryl methyl sites for hydroxylation is 1. The Balaban J connectivity index is 0.964. The summed E-state index contributed by atoms with van der Waals surface area (Å²) < 4.78 is 13.7. The Morgan fingerprint density at radius 2 is 0.881 bits per heavy atom. The van der Waals surface area contributed by atoms with E-state index in [9.17, 15) is 9.59 Å². The van der Waals surface area contributed by atoms with Crippen molar-refractivity contribution < 1.29 is 27.9 Å². The number of benzene rings is 6. The predicted octanol–water partition coefficient (Wildman–Crippen LogP) is 11.4. The minimum Gasteiger partial charge on any atom is -0.457 e. The second-order valence-corrected chi connectivity index (χ2v) is 16.7. The van der Waals surface area contributed by atoms with Crippen molar-refractivity contribution >= 4 is 30.7 Å². The average Bonchev–Trinajstić information content (AvgIpc) is 3.22. The Bertz CT molecular complexity index is 2320. The second kappa shape index (κ2) is 18.2. The van der Waals surface area contributed by atoms with E-state index in [-0.39, 0.29) is 17.4 Å². The van der Waals surface area contributed by atoms with Crippen molar-refractivity contribution in [1.82, 2.24) is 0 Å². The van der Waals surface area contributed by atoms with Crippen molar-refractivity contribution in [2.75, 3.05) is 38.8 Å². The first-order valence-corrected chi connectivity index (χ1v) is 20.2. The molecule has 0 aliphatic heterocycles. The Hall–Kier alpha value is -6.16. The van der Waals surface area contributed by atoms with Crippen LogP contribution in [0.1, 0.15) is 66.0 Å². The lowest BCUT2D eigenvalue weighted by Gasteiger charge is -2.45. The third-order valence-electron chi connectivity index (χ3n) is 11.2. The van der Waals surface area contributed by atoms with Gasteiger partial charge in [0.15, 0.2) is 0 Å². The van der Waals surface area contributed by atoms with Gasteiger partial charge in [0.2, 0.25) is 0 Å². The van der Waals surface area contributed by atoms with Crippen molar-refractivity contribution in [3.8, 4) is 34.1 Å². The van der Waals surface area contributed by atoms with Crippen LogP contribution < -0.4 is 20.1 Å². The van der Waals surface area contributed by atoms with Crippen molar-refractivity contribution in [3.05, 3.63) is 168 Å². The molecule has 59 heavy (non-hydrogen) atoms. The quantitative estimate of drug-likeness (QED) is 0.0958. The van der Waals surface area contributed by atoms with Crippen LogP contribution in [0, 0.1) is 0 Å². The van der Waals surface area contributed by atoms with E-state index in [1.807, 2.05) is 146 Å². The second-order valence-electron chi connectivity index (χ2n) is 16.7. The summed E-state index contributed by atoms with van der Waals surface area (Å²) in [7, 11) is 11.3. The summed E-state index contributed by atoms with van der Waals surface area (Å²) in [4.78, 5) is 25.7. The molecule has 2 amide bonds. The first-order chi connectivity index (χ1) is 28.1. The van der Waals surface area contributed by atoms with Crippen LogP contribution in [0.5, 0.6) is 23.0 Å². The molecule has 0 aliphatic rings. The molecule has 0 aliphatic carbocycles. The molecule has 6 aromatic rings. The standard InChI is InChI=1S/C50H56BN4O4/c1-9-36-11-15-40(16-12-36)48(56)52-42-23-31-46(32-24-42)58-44-27-19-38(20-28-44)39-21-29-45(30-22-39)59-47-33-25-43(26-34-47)53-49(57)41-17-13-37(14-18-41)35-54(5,6)51-55(7,8)50(3,4)10-2/h11-34H,9-10,35H2,1-8H3,(H,52,56)(H,53,57)/q+2. The van der Waals surface area contributed by atoms with E-state index < -0.39 is 0 Å². The van der Waals surface area contributed by atoms with Gasteiger partial charge in [0.25, 0.3) is 11.8 Å². The molecule has 0 unspecified atom stereocenters. The summed E-state index contributed by atoms with van der Waals surface area (Å²) in [6.45, 7) is 9.76. The highest BCUT2D eigenvalue weighted by Gasteiger charge is 2.47. The Labute approximate surface area is 350 Å². The maximum absolute atomic E-state index is 13.1. The van der Waals surface area contributed by atoms with Crippen LogP contribution in [-0.2, 0) is 13.0 Å². The van der Waals surface area contributed by atoms with Gasteiger partial charge >= 0.3 is 7.55 Å². The van der Waals surface area contributed by atoms with Crippen molar-refractivity contribution in [1.29, 1.82) is 0 Å². The van der Waals surface area contributed by atoms with Gasteiger partial charge in [-0.05, 0) is 140 Å². The highest BCUT2D eigenvalue weighted by molar-refractivity contribution is 6.16. The van der Waals surface area contributed by atoms with Crippen LogP contribution in [-0.4, -0.2) is 61.9 Å². The van der Waals surface area contributed by atoms with E-state index in [0.717, 1.165) is 39.3 Å². The van der Waals surface area contributed by atoms with Gasteiger partial charge in [0.05, 0.1) is 40.3 Å². The molecule has 0 saturated carbocycles. The van der Waals surface area contributed by atoms with E-state index >= 15 is 0 Å². The molecule has 0 aromatic heterocycles. The maximum atomic E-state index is 13.1. The fourth-order valence-electron chi connectivity index (χ4n) is 6.83. The summed E-state index contributed by atoms with van der Waals surface area (Å²) in [6.07, 6.45) is 2.02. The van der Waals surface area contributed by atoms with Gasteiger partial charge in [-0.1, -0.05) is 62.4 Å². The molecule has 301 valence electrons. The molecule has 2 N–H and O–H groups in total. The largest absolute Gasteiger partial charge is 0.792 e. The fourth-order valence-corrected chi connectivity index (χ4v) is 6.83. The van der Waals surface area contributed by atoms with Gasteiger partial charge in [-0.25, -0.2) is 0 Å². The molecule has 0 heterocycles. The summed E-state index contributed by atoms with van der Waals surface area (Å²) in [6, 6.07) is 46.0. The topological polar surface area (TPSA) is 76.7 Å². The van der Waals surface area contributed by atoms with Crippen LogP contribution in [0.4, 0.5) is 11.4 Å². The SMILES string of the molecule is CCc1ccc(C(=O)Nc2ccc(Oc3ccc(-c4ccc(Oc5ccc(NC(=O)c6ccc(C[N+](C)(C)[B][N+](C)(C)C(C)(C)CC)cc6)cc5)cc4)cc3)cc2)cc1. The van der Waals surface area contributed by atoms with Crippen LogP contribution >= 0.6 is 0 Å². The van der Waals surface area contributed by atoms with Gasteiger partial charge < -0.3 is 28.9 Å². The van der Waals surface area contributed by atoms with Crippen molar-refractivity contribution in [2.24, 2.45) is 0 Å². The molecule has 6 rings (SSSR count). The number of ether oxygens (including phenoxy) is 2. The van der Waals surface area contributed by atoms with Gasteiger partial charge in [-0.3, -0.25) is 9.59 Å². The Kier molecular flexibility index (Phi) is 13.1. The van der Waals surface area contributed by atoms with Gasteiger partial charge in [-0.15, -0.1) is 0 Å². The molecule has 0 atom stereocenters. The number of carbonyl (C=O) groups excluding carboxylic acids is 2. The number of hydrogen-bond acceptors (Lipinski definition) is 4. The van der Waals surface area contributed by atoms with Crippen LogP contribution in [0.25, 0.3) is 11.1 Å². The van der Waals surface area contributed by atoms with Crippen LogP contribution in [0.3, 0.4) is 0 Å². The number of rotatable bonds is 16. The number of nitrogens with one attached hydrogen (secondary N) is 2. The molecular formula is C50H56BN4O4+2. The monoisotopic (exact) mass is 787 g/mol. The number of carbonyl (C=O) groups is 2. The number of quaternary nitrogens is 2. The predicted molar refractivity (Wildman–Crippen MR) is 241 cm³/mol. The lowest BCUT2D eigenvalue weighted by molar-refractivity contribution is -0.923. The number of nitrogens with zero attached hydrogens (tertiary/aromatic N) is 2. The number of hydrogen-bond donors (Lipinski definition) is 2. The average molecular weight is 788 g/mol. The smallest absolute Gasteiger partial charge is 0.457 e. The van der Waals surface area contributed by atoms with Gasteiger partial charge in [0, 0.05) is 28.1 Å². The lowest BCUT2D eigenvalue weighted by Crippen LogP contribution is -2.66. The van der Waals surface area contributed by atoms with Crippen LogP contribution in [0.15, 0.2) is 146 Å². The molecule has 0 fully saturated rings. The molecular weight excluding hydrogens is 731 g/mol. The molecule has 1 radical (unpaired) electrons. The van der Waals surface area contributed by atoms with E-state index in [2.05, 4.69) is 74.1 Å². The summed E-state index contributed by atoms with van der Waals surface area (Å²) >= 11 is 0. The minimum atomic E-state index is -0.159. The number of anilines is 2. The fraction of sp³-hybridized carbons (Fsp3) is 0.240. The van der Waals surface area contributed by atoms with Gasteiger partial charge in [-0.2, -0.15) is 0 Å². The highest BCUT2D eigenvalue weighted by atomic mass is 16.5. The third kappa shape index (κ3) is 11.3. The summed E-state index contributed by atoms with van der Waals surface area (Å²) in [5.74, 6) is 2.44. The zero-order chi connectivity index (χ0) is 42.2. The summed E-state index contributed by atoms with van der Waals surface area (Å²) in [5.41, 5.74) is 7.20. The first-order valence-electron chi connectivity index (χ1n) is 20.2. The van der Waals surface area contributed by atoms with Crippen molar-refractivity contribution in [2.45, 2.75) is 52.6 Å². The normalized spacial score (nSPS) is 11.7. The van der Waals surface area contributed by atoms with Crippen LogP contribution in [0.2, 0.25) is 0 Å². The van der Waals surface area contributed by atoms with E-state index in [4.69, 9.17) is 9.47 Å². The Morgan fingerprint density at radius 1 is 0.525 bits per heavy atom. The third-order valence-corrected chi connectivity index (χ3v) is 11.2. The Morgan fingerprint density at radius 3 is 1.24 bits per heavy atom.